The van der Waals surface area contributed by atoms with Crippen LogP contribution in [0.5, 0.6) is 0 Å². The molecular formula is C24H19Cl2NO2S2. The summed E-state index contributed by atoms with van der Waals surface area (Å²) in [5.74, 6) is 0.966. The number of thioether (sulfide) groups is 1. The molecule has 0 spiro atoms. The van der Waals surface area contributed by atoms with Crippen LogP contribution in [0.2, 0.25) is 10.0 Å². The molecule has 0 atom stereocenters. The summed E-state index contributed by atoms with van der Waals surface area (Å²) in [6.45, 7) is 2.17. The number of nitrogens with zero attached hydrogens (tertiary/aromatic N) is 1. The molecule has 0 radical (unpaired) electrons. The first-order valence-corrected chi connectivity index (χ1v) is 11.9. The summed E-state index contributed by atoms with van der Waals surface area (Å²) in [4.78, 5) is 15.1. The Hall–Kier alpha value is -2.05. The first kappa shape index (κ1) is 22.2. The zero-order valence-electron chi connectivity index (χ0n) is 16.7. The summed E-state index contributed by atoms with van der Waals surface area (Å²) in [7, 11) is 0. The van der Waals surface area contributed by atoms with Gasteiger partial charge in [-0.25, -0.2) is 0 Å². The summed E-state index contributed by atoms with van der Waals surface area (Å²) in [6.07, 6.45) is 5.04. The number of rotatable bonds is 6. The summed E-state index contributed by atoms with van der Waals surface area (Å²) in [5, 5.41) is 1.11. The lowest BCUT2D eigenvalue weighted by Crippen LogP contribution is -2.27. The highest BCUT2D eigenvalue weighted by atomic mass is 35.5. The minimum absolute atomic E-state index is 0.157. The fourth-order valence-corrected chi connectivity index (χ4v) is 4.94. The minimum atomic E-state index is -0.157. The molecule has 2 aromatic carbocycles. The van der Waals surface area contributed by atoms with E-state index in [4.69, 9.17) is 39.8 Å². The summed E-state index contributed by atoms with van der Waals surface area (Å²) >= 11 is 19.1. The van der Waals surface area contributed by atoms with Crippen molar-refractivity contribution in [1.29, 1.82) is 0 Å². The van der Waals surface area contributed by atoms with E-state index in [0.29, 0.717) is 36.4 Å². The van der Waals surface area contributed by atoms with E-state index in [1.54, 1.807) is 41.3 Å². The van der Waals surface area contributed by atoms with E-state index in [0.717, 1.165) is 24.9 Å². The highest BCUT2D eigenvalue weighted by Crippen LogP contribution is 2.37. The van der Waals surface area contributed by atoms with Crippen molar-refractivity contribution in [2.24, 2.45) is 0 Å². The molecule has 1 saturated heterocycles. The maximum absolute atomic E-state index is 13.0. The number of hydrogen-bond acceptors (Lipinski definition) is 4. The van der Waals surface area contributed by atoms with Crippen LogP contribution < -0.4 is 4.90 Å². The molecule has 0 N–H and O–H groups in total. The van der Waals surface area contributed by atoms with Gasteiger partial charge in [0.15, 0.2) is 4.32 Å². The van der Waals surface area contributed by atoms with Crippen LogP contribution in [0.1, 0.15) is 31.1 Å². The monoisotopic (exact) mass is 487 g/mol. The van der Waals surface area contributed by atoms with Gasteiger partial charge in [-0.3, -0.25) is 9.69 Å². The number of furan rings is 1. The van der Waals surface area contributed by atoms with Crippen molar-refractivity contribution in [3.8, 4) is 11.3 Å². The second-order valence-electron chi connectivity index (χ2n) is 7.11. The van der Waals surface area contributed by atoms with Crippen LogP contribution in [-0.2, 0) is 11.2 Å². The Morgan fingerprint density at radius 2 is 1.87 bits per heavy atom. The number of unbranched alkanes of at least 4 members (excludes halogenated alkanes) is 1. The predicted octanol–water partition coefficient (Wildman–Crippen LogP) is 8.00. The van der Waals surface area contributed by atoms with Gasteiger partial charge in [0.1, 0.15) is 11.5 Å². The average Bonchev–Trinajstić information content (AvgIpc) is 3.33. The average molecular weight is 488 g/mol. The molecule has 0 bridgehead atoms. The maximum Gasteiger partial charge on any atom is 0.270 e. The van der Waals surface area contributed by atoms with Crippen LogP contribution >= 0.6 is 47.2 Å². The fourth-order valence-electron chi connectivity index (χ4n) is 3.27. The Kier molecular flexibility index (Phi) is 6.87. The Bertz CT molecular complexity index is 1170. The van der Waals surface area contributed by atoms with Gasteiger partial charge < -0.3 is 4.42 Å². The number of amides is 1. The zero-order chi connectivity index (χ0) is 22.0. The molecule has 4 rings (SSSR count). The predicted molar refractivity (Wildman–Crippen MR) is 135 cm³/mol. The van der Waals surface area contributed by atoms with Crippen LogP contribution in [0.15, 0.2) is 63.9 Å². The number of benzene rings is 2. The SMILES string of the molecule is CCCCc1ccc(N2C(=O)/C(=C\c3ccc(-c4cc(Cl)ccc4Cl)o3)SC2=S)cc1. The van der Waals surface area contributed by atoms with Crippen molar-refractivity contribution in [1.82, 2.24) is 0 Å². The minimum Gasteiger partial charge on any atom is -0.457 e. The van der Waals surface area contributed by atoms with Crippen molar-refractivity contribution >= 4 is 69.2 Å². The molecule has 1 amide bonds. The summed E-state index contributed by atoms with van der Waals surface area (Å²) in [6, 6.07) is 16.8. The number of hydrogen-bond donors (Lipinski definition) is 0. The zero-order valence-corrected chi connectivity index (χ0v) is 19.9. The molecule has 7 heteroatoms. The van der Waals surface area contributed by atoms with Gasteiger partial charge in [0, 0.05) is 16.7 Å². The molecule has 0 saturated carbocycles. The Labute approximate surface area is 201 Å². The Morgan fingerprint density at radius 3 is 2.61 bits per heavy atom. The smallest absolute Gasteiger partial charge is 0.270 e. The first-order valence-electron chi connectivity index (χ1n) is 9.88. The van der Waals surface area contributed by atoms with Gasteiger partial charge in [-0.15, -0.1) is 0 Å². The van der Waals surface area contributed by atoms with E-state index in [2.05, 4.69) is 19.1 Å². The van der Waals surface area contributed by atoms with Crippen LogP contribution in [0.3, 0.4) is 0 Å². The number of aryl methyl sites for hydroxylation is 1. The van der Waals surface area contributed by atoms with E-state index in [9.17, 15) is 4.79 Å². The van der Waals surface area contributed by atoms with Crippen LogP contribution in [-0.4, -0.2) is 10.2 Å². The van der Waals surface area contributed by atoms with E-state index in [1.807, 2.05) is 12.1 Å². The van der Waals surface area contributed by atoms with E-state index < -0.39 is 0 Å². The van der Waals surface area contributed by atoms with Crippen molar-refractivity contribution in [2.75, 3.05) is 4.90 Å². The van der Waals surface area contributed by atoms with E-state index in [1.165, 1.54) is 17.3 Å². The third-order valence-corrected chi connectivity index (χ3v) is 6.77. The maximum atomic E-state index is 13.0. The standard InChI is InChI=1S/C24H19Cl2NO2S2/c1-2-3-4-15-5-8-17(9-6-15)27-23(28)22(31-24(27)30)14-18-10-12-21(29-18)19-13-16(25)7-11-20(19)26/h5-14H,2-4H2,1H3/b22-14+. The second kappa shape index (κ2) is 9.61. The lowest BCUT2D eigenvalue weighted by atomic mass is 10.1. The quantitative estimate of drug-likeness (QED) is 0.260. The molecule has 31 heavy (non-hydrogen) atoms. The summed E-state index contributed by atoms with van der Waals surface area (Å²) < 4.78 is 6.40. The highest BCUT2D eigenvalue weighted by molar-refractivity contribution is 8.27. The number of anilines is 1. The van der Waals surface area contributed by atoms with Crippen LogP contribution in [0, 0.1) is 0 Å². The van der Waals surface area contributed by atoms with Gasteiger partial charge in [-0.05, 0) is 60.9 Å². The van der Waals surface area contributed by atoms with Gasteiger partial charge in [-0.2, -0.15) is 0 Å². The van der Waals surface area contributed by atoms with E-state index in [-0.39, 0.29) is 5.91 Å². The molecule has 1 aromatic heterocycles. The lowest BCUT2D eigenvalue weighted by Gasteiger charge is -2.15. The van der Waals surface area contributed by atoms with Crippen molar-refractivity contribution in [2.45, 2.75) is 26.2 Å². The normalized spacial score (nSPS) is 15.3. The Morgan fingerprint density at radius 1 is 1.10 bits per heavy atom. The molecule has 0 aliphatic carbocycles. The Balaban J connectivity index is 1.55. The lowest BCUT2D eigenvalue weighted by molar-refractivity contribution is -0.113. The van der Waals surface area contributed by atoms with Gasteiger partial charge in [0.2, 0.25) is 0 Å². The highest BCUT2D eigenvalue weighted by Gasteiger charge is 2.33. The van der Waals surface area contributed by atoms with Crippen LogP contribution in [0.25, 0.3) is 17.4 Å². The van der Waals surface area contributed by atoms with Gasteiger partial charge in [0.25, 0.3) is 5.91 Å². The van der Waals surface area contributed by atoms with Crippen molar-refractivity contribution in [3.05, 3.63) is 80.9 Å². The molecule has 1 aliphatic rings. The van der Waals surface area contributed by atoms with E-state index >= 15 is 0 Å². The largest absolute Gasteiger partial charge is 0.457 e. The van der Waals surface area contributed by atoms with Gasteiger partial charge in [0.05, 0.1) is 15.6 Å². The number of halogens is 2. The molecule has 158 valence electrons. The molecule has 1 fully saturated rings. The third kappa shape index (κ3) is 4.90. The molecule has 2 heterocycles. The topological polar surface area (TPSA) is 33.5 Å². The third-order valence-electron chi connectivity index (χ3n) is 4.90. The van der Waals surface area contributed by atoms with Crippen molar-refractivity contribution < 1.29 is 9.21 Å². The fraction of sp³-hybridized carbons (Fsp3) is 0.167. The molecule has 3 aromatic rings. The van der Waals surface area contributed by atoms with Gasteiger partial charge >= 0.3 is 0 Å². The molecular weight excluding hydrogens is 469 g/mol. The number of carbonyl (C=O) groups is 1. The van der Waals surface area contributed by atoms with Crippen molar-refractivity contribution in [3.63, 3.8) is 0 Å². The second-order valence-corrected chi connectivity index (χ2v) is 9.63. The molecule has 0 unspecified atom stereocenters. The van der Waals surface area contributed by atoms with Crippen LogP contribution in [0.4, 0.5) is 5.69 Å². The summed E-state index contributed by atoms with van der Waals surface area (Å²) in [5.41, 5.74) is 2.73. The van der Waals surface area contributed by atoms with Gasteiger partial charge in [-0.1, -0.05) is 72.7 Å². The first-order chi connectivity index (χ1) is 15.0. The molecule has 3 nitrogen and oxygen atoms in total. The number of thiocarbonyl (C=S) groups is 1. The number of carbonyl (C=O) groups excluding carboxylic acids is 1. The molecule has 1 aliphatic heterocycles.